The van der Waals surface area contributed by atoms with Crippen LogP contribution in [0, 0.1) is 18.8 Å². The van der Waals surface area contributed by atoms with Gasteiger partial charge in [-0.2, -0.15) is 0 Å². The lowest BCUT2D eigenvalue weighted by Crippen LogP contribution is -2.36. The van der Waals surface area contributed by atoms with E-state index in [1.807, 2.05) is 0 Å². The molecule has 0 spiro atoms. The number of aryl methyl sites for hydroxylation is 1. The van der Waals surface area contributed by atoms with E-state index in [-0.39, 0.29) is 11.9 Å². The van der Waals surface area contributed by atoms with Crippen LogP contribution in [0.15, 0.2) is 24.3 Å². The van der Waals surface area contributed by atoms with Gasteiger partial charge >= 0.3 is 5.97 Å². The largest absolute Gasteiger partial charge is 0.469 e. The molecule has 108 valence electrons. The van der Waals surface area contributed by atoms with Crippen molar-refractivity contribution in [1.29, 1.82) is 0 Å². The first-order valence-electron chi connectivity index (χ1n) is 7.44. The minimum atomic E-state index is -0.0330. The number of carbonyl (C=O) groups excluding carboxylic acids is 1. The highest BCUT2D eigenvalue weighted by molar-refractivity contribution is 5.74. The van der Waals surface area contributed by atoms with Crippen molar-refractivity contribution in [2.24, 2.45) is 11.8 Å². The summed E-state index contributed by atoms with van der Waals surface area (Å²) in [6, 6.07) is 9.27. The maximum Gasteiger partial charge on any atom is 0.309 e. The van der Waals surface area contributed by atoms with Gasteiger partial charge in [0.05, 0.1) is 13.0 Å². The summed E-state index contributed by atoms with van der Waals surface area (Å²) in [5, 5.41) is 0. The second kappa shape index (κ2) is 5.21. The second-order valence-electron chi connectivity index (χ2n) is 6.39. The van der Waals surface area contributed by atoms with E-state index in [0.29, 0.717) is 17.9 Å². The summed E-state index contributed by atoms with van der Waals surface area (Å²) in [6.07, 6.45) is 2.20. The van der Waals surface area contributed by atoms with E-state index in [0.717, 1.165) is 19.4 Å². The van der Waals surface area contributed by atoms with E-state index < -0.39 is 0 Å². The molecule has 3 nitrogen and oxygen atoms in total. The first-order chi connectivity index (χ1) is 9.60. The van der Waals surface area contributed by atoms with Gasteiger partial charge in [-0.05, 0) is 44.2 Å². The van der Waals surface area contributed by atoms with E-state index in [2.05, 4.69) is 43.1 Å². The molecule has 1 saturated carbocycles. The summed E-state index contributed by atoms with van der Waals surface area (Å²) in [6.45, 7) is 3.12. The average Bonchev–Trinajstić information content (AvgIpc) is 2.74. The van der Waals surface area contributed by atoms with Gasteiger partial charge in [-0.25, -0.2) is 0 Å². The number of hydrogen-bond donors (Lipinski definition) is 0. The van der Waals surface area contributed by atoms with Crippen LogP contribution in [-0.4, -0.2) is 37.6 Å². The molecule has 2 fully saturated rings. The highest BCUT2D eigenvalue weighted by Crippen LogP contribution is 2.47. The van der Waals surface area contributed by atoms with Crippen molar-refractivity contribution in [1.82, 2.24) is 4.90 Å². The zero-order valence-corrected chi connectivity index (χ0v) is 12.5. The Hall–Kier alpha value is -1.35. The third kappa shape index (κ3) is 2.24. The number of likely N-dealkylation sites (tertiary alicyclic amines) is 1. The minimum Gasteiger partial charge on any atom is -0.469 e. The fourth-order valence-corrected chi connectivity index (χ4v) is 4.08. The number of nitrogens with zero attached hydrogens (tertiary/aromatic N) is 1. The fraction of sp³-hybridized carbons (Fsp3) is 0.588. The van der Waals surface area contributed by atoms with Crippen LogP contribution in [0.5, 0.6) is 0 Å². The third-order valence-corrected chi connectivity index (χ3v) is 5.17. The molecular weight excluding hydrogens is 250 g/mol. The Bertz CT molecular complexity index is 494. The number of methoxy groups -OCH3 is 1. The number of hydrogen-bond acceptors (Lipinski definition) is 3. The number of ether oxygens (including phenoxy) is 1. The van der Waals surface area contributed by atoms with Crippen LogP contribution < -0.4 is 0 Å². The van der Waals surface area contributed by atoms with Gasteiger partial charge in [0.25, 0.3) is 0 Å². The second-order valence-corrected chi connectivity index (χ2v) is 6.39. The van der Waals surface area contributed by atoms with Gasteiger partial charge < -0.3 is 9.64 Å². The van der Waals surface area contributed by atoms with Gasteiger partial charge in [0.2, 0.25) is 0 Å². The quantitative estimate of drug-likeness (QED) is 0.776. The van der Waals surface area contributed by atoms with Crippen LogP contribution in [0.2, 0.25) is 0 Å². The maximum atomic E-state index is 12.3. The van der Waals surface area contributed by atoms with Gasteiger partial charge in [-0.15, -0.1) is 0 Å². The predicted octanol–water partition coefficient (Wildman–Crippen LogP) is 2.59. The molecule has 3 heteroatoms. The van der Waals surface area contributed by atoms with Crippen molar-refractivity contribution in [3.63, 3.8) is 0 Å². The molecule has 1 heterocycles. The Morgan fingerprint density at radius 3 is 2.60 bits per heavy atom. The molecular formula is C17H23NO2. The normalized spacial score (nSPS) is 33.1. The summed E-state index contributed by atoms with van der Waals surface area (Å²) >= 11 is 0. The summed E-state index contributed by atoms with van der Waals surface area (Å²) in [4.78, 5) is 14.7. The van der Waals surface area contributed by atoms with Crippen LogP contribution >= 0.6 is 0 Å². The molecule has 1 aliphatic heterocycles. The first kappa shape index (κ1) is 13.6. The van der Waals surface area contributed by atoms with Crippen molar-refractivity contribution >= 4 is 5.97 Å². The highest BCUT2D eigenvalue weighted by atomic mass is 16.5. The number of carbonyl (C=O) groups is 1. The molecule has 0 aromatic heterocycles. The van der Waals surface area contributed by atoms with Crippen LogP contribution in [0.1, 0.15) is 29.9 Å². The molecule has 2 bridgehead atoms. The smallest absolute Gasteiger partial charge is 0.309 e. The average molecular weight is 273 g/mol. The molecule has 4 atom stereocenters. The van der Waals surface area contributed by atoms with Crippen molar-refractivity contribution in [3.8, 4) is 0 Å². The topological polar surface area (TPSA) is 29.5 Å². The molecule has 1 aliphatic carbocycles. The van der Waals surface area contributed by atoms with Crippen LogP contribution in [0.25, 0.3) is 0 Å². The highest BCUT2D eigenvalue weighted by Gasteiger charge is 2.48. The van der Waals surface area contributed by atoms with Crippen LogP contribution in [-0.2, 0) is 9.53 Å². The molecule has 1 saturated heterocycles. The van der Waals surface area contributed by atoms with Gasteiger partial charge in [-0.3, -0.25) is 4.79 Å². The van der Waals surface area contributed by atoms with Gasteiger partial charge in [0.1, 0.15) is 0 Å². The molecule has 1 aromatic carbocycles. The summed E-state index contributed by atoms with van der Waals surface area (Å²) in [5.74, 6) is 0.729. The summed E-state index contributed by atoms with van der Waals surface area (Å²) < 4.78 is 5.09. The molecule has 3 rings (SSSR count). The van der Waals surface area contributed by atoms with Gasteiger partial charge in [0.15, 0.2) is 0 Å². The Labute approximate surface area is 120 Å². The van der Waals surface area contributed by atoms with Crippen molar-refractivity contribution in [3.05, 3.63) is 35.4 Å². The molecule has 2 aliphatic rings. The fourth-order valence-electron chi connectivity index (χ4n) is 4.08. The van der Waals surface area contributed by atoms with Crippen molar-refractivity contribution < 1.29 is 9.53 Å². The lowest BCUT2D eigenvalue weighted by Gasteiger charge is -2.35. The van der Waals surface area contributed by atoms with E-state index in [1.165, 1.54) is 18.2 Å². The molecule has 0 radical (unpaired) electrons. The number of rotatable bonds is 2. The summed E-state index contributed by atoms with van der Waals surface area (Å²) in [5.41, 5.74) is 2.55. The maximum absolute atomic E-state index is 12.3. The summed E-state index contributed by atoms with van der Waals surface area (Å²) in [7, 11) is 3.69. The van der Waals surface area contributed by atoms with Crippen LogP contribution in [0.3, 0.4) is 0 Å². The van der Waals surface area contributed by atoms with Crippen LogP contribution in [0.4, 0.5) is 0 Å². The molecule has 20 heavy (non-hydrogen) atoms. The van der Waals surface area contributed by atoms with E-state index in [1.54, 1.807) is 0 Å². The monoisotopic (exact) mass is 273 g/mol. The lowest BCUT2D eigenvalue weighted by atomic mass is 9.70. The molecule has 4 unspecified atom stereocenters. The Morgan fingerprint density at radius 2 is 1.95 bits per heavy atom. The van der Waals surface area contributed by atoms with E-state index in [4.69, 9.17) is 4.74 Å². The van der Waals surface area contributed by atoms with Crippen molar-refractivity contribution in [2.45, 2.75) is 31.7 Å². The third-order valence-electron chi connectivity index (χ3n) is 5.17. The zero-order valence-electron chi connectivity index (χ0n) is 12.5. The molecule has 1 aromatic rings. The molecule has 0 N–H and O–H groups in total. The van der Waals surface area contributed by atoms with Gasteiger partial charge in [-0.1, -0.05) is 29.8 Å². The number of benzene rings is 1. The van der Waals surface area contributed by atoms with Gasteiger partial charge in [0, 0.05) is 12.6 Å². The first-order valence-corrected chi connectivity index (χ1v) is 7.44. The van der Waals surface area contributed by atoms with Crippen molar-refractivity contribution in [2.75, 3.05) is 20.7 Å². The number of fused-ring (bicyclic) bond motifs is 2. The standard InChI is InChI=1S/C17H23NO2/c1-11-4-6-12(7-5-11)15-9-14-8-13(10-18(14)2)16(15)17(19)20-3/h4-7,13-16H,8-10H2,1-3H3. The molecule has 0 amide bonds. The predicted molar refractivity (Wildman–Crippen MR) is 78.6 cm³/mol. The Balaban J connectivity index is 1.94. The lowest BCUT2D eigenvalue weighted by molar-refractivity contribution is -0.148. The Kier molecular flexibility index (Phi) is 3.55. The minimum absolute atomic E-state index is 0.0175. The number of esters is 1. The van der Waals surface area contributed by atoms with E-state index >= 15 is 0 Å². The Morgan fingerprint density at radius 1 is 1.25 bits per heavy atom. The van der Waals surface area contributed by atoms with E-state index in [9.17, 15) is 4.79 Å². The SMILES string of the molecule is COC(=O)C1C2CC(CC1c1ccc(C)cc1)N(C)C2. The zero-order chi connectivity index (χ0) is 14.3.